The first kappa shape index (κ1) is 3.30. The van der Waals surface area contributed by atoms with E-state index in [0.29, 0.717) is 0 Å². The Bertz CT molecular complexity index is 58.3. The second-order valence-corrected chi connectivity index (χ2v) is 0.246. The average Bonchev–Trinajstić information content (AvgIpc) is 1.37. The van der Waals surface area contributed by atoms with Crippen molar-refractivity contribution >= 4 is 0 Å². The normalized spacial score (nSPS) is 2.50. The van der Waals surface area contributed by atoms with Crippen LogP contribution in [0.25, 0.3) is 0 Å². The molecule has 0 aliphatic carbocycles. The molecule has 0 N–H and O–H groups in total. The summed E-state index contributed by atoms with van der Waals surface area (Å²) in [5, 5.41) is 0. The van der Waals surface area contributed by atoms with Gasteiger partial charge in [0.2, 0.25) is 0 Å². The van der Waals surface area contributed by atoms with Crippen LogP contribution in [0, 0.1) is 18.5 Å². The zero-order valence-electron chi connectivity index (χ0n) is 1.99. The van der Waals surface area contributed by atoms with Crippen molar-refractivity contribution in [2.75, 3.05) is 0 Å². The third-order valence-electron chi connectivity index (χ3n) is 0.0589. The molecule has 0 aliphatic heterocycles. The third kappa shape index (κ3) is 1.30. The van der Waals surface area contributed by atoms with E-state index < -0.39 is 0 Å². The molecule has 0 bridgehead atoms. The van der Waals surface area contributed by atoms with Crippen LogP contribution in [0.5, 0.6) is 0 Å². The standard InChI is InChI=1S/C3HO/c1-2-3-4/h1H/q+1. The molecule has 0 heterocycles. The van der Waals surface area contributed by atoms with E-state index in [2.05, 4.69) is 6.42 Å². The van der Waals surface area contributed by atoms with Gasteiger partial charge in [-0.05, 0) is 0 Å². The molecule has 0 fully saturated rings. The zero-order valence-corrected chi connectivity index (χ0v) is 1.99. The van der Waals surface area contributed by atoms with E-state index in [-0.39, 0.29) is 0 Å². The van der Waals surface area contributed by atoms with Crippen molar-refractivity contribution in [1.82, 2.24) is 0 Å². The summed E-state index contributed by atoms with van der Waals surface area (Å²) in [7, 11) is 0. The third-order valence-corrected chi connectivity index (χ3v) is 0.0589. The molecule has 18 valence electrons. The van der Waals surface area contributed by atoms with Gasteiger partial charge in [-0.2, -0.15) is 0 Å². The van der Waals surface area contributed by atoms with Crippen LogP contribution in [0.2, 0.25) is 0 Å². The number of terminal acetylenes is 1. The molecule has 0 amide bonds. The van der Waals surface area contributed by atoms with Crippen molar-refractivity contribution in [3.05, 3.63) is 0 Å². The molecule has 1 heteroatoms. The maximum atomic E-state index is 8.81. The molecule has 0 atom stereocenters. The minimum absolute atomic E-state index is 1.21. The van der Waals surface area contributed by atoms with Gasteiger partial charge in [0.05, 0.1) is 0 Å². The molecule has 0 aromatic carbocycles. The van der Waals surface area contributed by atoms with E-state index in [1.807, 2.05) is 0 Å². The maximum absolute atomic E-state index is 8.81. The summed E-state index contributed by atoms with van der Waals surface area (Å²) in [6.45, 7) is 0. The number of rotatable bonds is 0. The molecule has 4 heavy (non-hydrogen) atoms. The first-order chi connectivity index (χ1) is 1.91. The Morgan fingerprint density at radius 1 is 1.75 bits per heavy atom. The summed E-state index contributed by atoms with van der Waals surface area (Å²) in [6, 6.07) is 0. The Kier molecular flexibility index (Phi) is 1.90. The molecule has 0 saturated carbocycles. The summed E-state index contributed by atoms with van der Waals surface area (Å²) < 4.78 is 8.81. The average molecular weight is 53.0 g/mol. The summed E-state index contributed by atoms with van der Waals surface area (Å²) >= 11 is 0. The Morgan fingerprint density at radius 2 is 2.00 bits per heavy atom. The Morgan fingerprint density at radius 3 is 2.00 bits per heavy atom. The van der Waals surface area contributed by atoms with Crippen molar-refractivity contribution < 1.29 is 4.65 Å². The van der Waals surface area contributed by atoms with Crippen LogP contribution in [-0.4, -0.2) is 0 Å². The molecule has 0 aromatic rings. The van der Waals surface area contributed by atoms with Crippen LogP contribution in [0.3, 0.4) is 0 Å². The fraction of sp³-hybridized carbons (Fsp3) is 0. The van der Waals surface area contributed by atoms with E-state index >= 15 is 0 Å². The van der Waals surface area contributed by atoms with Gasteiger partial charge in [0, 0.05) is 0 Å². The summed E-state index contributed by atoms with van der Waals surface area (Å²) in [6.07, 6.45) is 5.56. The van der Waals surface area contributed by atoms with Gasteiger partial charge in [-0.15, -0.1) is 0 Å². The molecule has 1 nitrogen and oxygen atoms in total. The first-order valence-corrected chi connectivity index (χ1v) is 0.743. The molecular formula is C3HO+. The Balaban J connectivity index is 3.14. The zero-order chi connectivity index (χ0) is 3.41. The van der Waals surface area contributed by atoms with Gasteiger partial charge in [-0.25, -0.2) is 0 Å². The van der Waals surface area contributed by atoms with Gasteiger partial charge >= 0.3 is 23.1 Å². The second-order valence-electron chi connectivity index (χ2n) is 0.246. The molecule has 0 aromatic heterocycles. The van der Waals surface area contributed by atoms with Crippen molar-refractivity contribution in [2.45, 2.75) is 0 Å². The van der Waals surface area contributed by atoms with E-state index in [1.54, 1.807) is 5.92 Å². The second kappa shape index (κ2) is 2.30. The van der Waals surface area contributed by atoms with Gasteiger partial charge in [-0.1, -0.05) is 0 Å². The van der Waals surface area contributed by atoms with Crippen LogP contribution in [0.1, 0.15) is 0 Å². The predicted molar refractivity (Wildman–Crippen MR) is 13.4 cm³/mol. The van der Waals surface area contributed by atoms with Crippen LogP contribution < -0.4 is 0 Å². The van der Waals surface area contributed by atoms with Crippen molar-refractivity contribution in [2.24, 2.45) is 0 Å². The first-order valence-electron chi connectivity index (χ1n) is 0.743. The Hall–Kier alpha value is -0.700. The van der Waals surface area contributed by atoms with Crippen molar-refractivity contribution in [3.63, 3.8) is 0 Å². The van der Waals surface area contributed by atoms with E-state index in [9.17, 15) is 0 Å². The molecule has 0 rings (SSSR count). The SMILES string of the molecule is C#CC#[O+]. The van der Waals surface area contributed by atoms with Crippen LogP contribution >= 0.6 is 0 Å². The number of hydrogen-bond donors (Lipinski definition) is 0. The summed E-state index contributed by atoms with van der Waals surface area (Å²) in [5.41, 5.74) is 0. The van der Waals surface area contributed by atoms with Crippen LogP contribution in [-0.2, 0) is 4.65 Å². The van der Waals surface area contributed by atoms with Crippen LogP contribution in [0.4, 0.5) is 0 Å². The Labute approximate surface area is 24.3 Å². The van der Waals surface area contributed by atoms with E-state index in [1.165, 1.54) is 6.15 Å². The van der Waals surface area contributed by atoms with Gasteiger partial charge < -0.3 is 0 Å². The van der Waals surface area contributed by atoms with Crippen LogP contribution in [0.15, 0.2) is 0 Å². The predicted octanol–water partition coefficient (Wildman–Crippen LogP) is 0.00930. The topological polar surface area (TPSA) is 19.9 Å². The van der Waals surface area contributed by atoms with Gasteiger partial charge in [0.15, 0.2) is 0 Å². The van der Waals surface area contributed by atoms with E-state index in [4.69, 9.17) is 4.65 Å². The molecule has 0 unspecified atom stereocenters. The molecule has 0 aliphatic rings. The monoisotopic (exact) mass is 53.0 g/mol. The quantitative estimate of drug-likeness (QED) is 0.274. The molecular weight excluding hydrogens is 52.0 g/mol. The fourth-order valence-electron chi connectivity index (χ4n) is 0. The minimum atomic E-state index is 1.21. The van der Waals surface area contributed by atoms with Crippen molar-refractivity contribution in [3.8, 4) is 18.5 Å². The summed E-state index contributed by atoms with van der Waals surface area (Å²) in [5.74, 6) is 1.62. The van der Waals surface area contributed by atoms with Gasteiger partial charge in [0.25, 0.3) is 0 Å². The van der Waals surface area contributed by atoms with Gasteiger partial charge in [0.1, 0.15) is 0 Å². The molecule has 0 radical (unpaired) electrons. The van der Waals surface area contributed by atoms with E-state index in [0.717, 1.165) is 0 Å². The van der Waals surface area contributed by atoms with Gasteiger partial charge in [-0.3, -0.25) is 0 Å². The number of hydrogen-bond acceptors (Lipinski definition) is 0. The van der Waals surface area contributed by atoms with Crippen molar-refractivity contribution in [1.29, 1.82) is 0 Å². The molecule has 0 saturated heterocycles. The fourth-order valence-corrected chi connectivity index (χ4v) is 0. The summed E-state index contributed by atoms with van der Waals surface area (Å²) in [4.78, 5) is 0. The molecule has 0 spiro atoms.